The average molecular weight is 567 g/mol. The Morgan fingerprint density at radius 2 is 1.50 bits per heavy atom. The van der Waals surface area contributed by atoms with Gasteiger partial charge in [0.25, 0.3) is 0 Å². The van der Waals surface area contributed by atoms with Crippen LogP contribution < -0.4 is 4.74 Å². The third kappa shape index (κ3) is 6.44. The third-order valence-corrected chi connectivity index (χ3v) is 4.90. The number of pyridine rings is 2. The fraction of sp³-hybridized carbons (Fsp3) is 0. The highest BCUT2D eigenvalue weighted by Gasteiger charge is 2.12. The van der Waals surface area contributed by atoms with Crippen LogP contribution in [0.25, 0.3) is 0 Å². The molecule has 1 aromatic carbocycles. The number of ether oxygens (including phenoxy) is 1. The number of hydrogen-bond acceptors (Lipinski definition) is 5. The Hall–Kier alpha value is -2.63. The van der Waals surface area contributed by atoms with Crippen molar-refractivity contribution in [1.29, 1.82) is 0 Å². The van der Waals surface area contributed by atoms with Crippen molar-refractivity contribution in [1.82, 2.24) is 9.97 Å². The molecule has 2 aromatic heterocycles. The number of carboxylic acid groups (broad SMARTS) is 2. The Kier molecular flexibility index (Phi) is 8.21. The molecular weight excluding hydrogens is 557 g/mol. The van der Waals surface area contributed by atoms with Gasteiger partial charge in [-0.05, 0) is 56.1 Å². The fourth-order valence-electron chi connectivity index (χ4n) is 1.82. The number of carbonyl (C=O) groups is 2. The maximum atomic E-state index is 13.4. The van der Waals surface area contributed by atoms with Crippen molar-refractivity contribution in [2.75, 3.05) is 0 Å². The molecule has 3 rings (SSSR count). The molecule has 0 saturated heterocycles. The number of nitrogens with zero attached hydrogens (tertiary/aromatic N) is 2. The van der Waals surface area contributed by atoms with Gasteiger partial charge in [-0.15, -0.1) is 0 Å². The van der Waals surface area contributed by atoms with Crippen LogP contribution in [0.1, 0.15) is 20.7 Å². The Labute approximate surface area is 189 Å². The Balaban J connectivity index is 0.000000248. The van der Waals surface area contributed by atoms with Gasteiger partial charge in [0.2, 0.25) is 5.88 Å². The summed E-state index contributed by atoms with van der Waals surface area (Å²) in [6.07, 6.45) is 2.28. The van der Waals surface area contributed by atoms with E-state index >= 15 is 0 Å². The van der Waals surface area contributed by atoms with Crippen molar-refractivity contribution in [3.05, 3.63) is 79.6 Å². The predicted molar refractivity (Wildman–Crippen MR) is 109 cm³/mol. The molecule has 0 atom stereocenters. The summed E-state index contributed by atoms with van der Waals surface area (Å²) >= 11 is 11.7. The summed E-state index contributed by atoms with van der Waals surface area (Å²) in [6, 6.07) is 5.50. The van der Waals surface area contributed by atoms with Crippen LogP contribution in [0, 0.1) is 11.6 Å². The van der Waals surface area contributed by atoms with E-state index in [0.29, 0.717) is 10.5 Å². The van der Waals surface area contributed by atoms with Crippen LogP contribution in [0.3, 0.4) is 0 Å². The number of benzene rings is 1. The summed E-state index contributed by atoms with van der Waals surface area (Å²) in [5.74, 6) is -4.00. The summed E-state index contributed by atoms with van der Waals surface area (Å²) < 4.78 is 32.0. The highest BCUT2D eigenvalue weighted by molar-refractivity contribution is 9.10. The first-order valence-electron chi connectivity index (χ1n) is 7.64. The minimum absolute atomic E-state index is 0.0180. The zero-order chi connectivity index (χ0) is 22.4. The smallest absolute Gasteiger partial charge is 0.337 e. The van der Waals surface area contributed by atoms with E-state index in [2.05, 4.69) is 41.8 Å². The quantitative estimate of drug-likeness (QED) is 0.384. The van der Waals surface area contributed by atoms with Crippen LogP contribution in [-0.4, -0.2) is 32.1 Å². The Morgan fingerprint density at radius 3 is 2.00 bits per heavy atom. The van der Waals surface area contributed by atoms with E-state index in [9.17, 15) is 18.4 Å². The van der Waals surface area contributed by atoms with Crippen molar-refractivity contribution in [3.8, 4) is 11.6 Å². The van der Waals surface area contributed by atoms with Crippen LogP contribution in [0.15, 0.2) is 51.7 Å². The van der Waals surface area contributed by atoms with Gasteiger partial charge in [-0.25, -0.2) is 28.3 Å². The lowest BCUT2D eigenvalue weighted by molar-refractivity contribution is 0.0685. The molecule has 7 nitrogen and oxygen atoms in total. The van der Waals surface area contributed by atoms with Crippen LogP contribution in [0.2, 0.25) is 5.15 Å². The molecule has 0 bridgehead atoms. The summed E-state index contributed by atoms with van der Waals surface area (Å²) in [4.78, 5) is 28.5. The van der Waals surface area contributed by atoms with Crippen molar-refractivity contribution >= 4 is 55.4 Å². The minimum Gasteiger partial charge on any atom is -0.478 e. The number of halogens is 5. The molecule has 156 valence electrons. The van der Waals surface area contributed by atoms with Gasteiger partial charge >= 0.3 is 11.9 Å². The molecule has 30 heavy (non-hydrogen) atoms. The number of aromatic carboxylic acids is 2. The van der Waals surface area contributed by atoms with E-state index in [1.807, 2.05) is 0 Å². The molecule has 0 saturated carbocycles. The lowest BCUT2D eigenvalue weighted by Gasteiger charge is -2.07. The summed E-state index contributed by atoms with van der Waals surface area (Å²) in [6.45, 7) is 0. The Morgan fingerprint density at radius 1 is 0.933 bits per heavy atom. The molecule has 2 N–H and O–H groups in total. The van der Waals surface area contributed by atoms with Crippen molar-refractivity contribution in [2.24, 2.45) is 0 Å². The van der Waals surface area contributed by atoms with Crippen LogP contribution in [0.4, 0.5) is 8.78 Å². The van der Waals surface area contributed by atoms with Gasteiger partial charge in [-0.1, -0.05) is 11.6 Å². The topological polar surface area (TPSA) is 110 Å². The first-order valence-corrected chi connectivity index (χ1v) is 9.61. The minimum atomic E-state index is -1.15. The summed E-state index contributed by atoms with van der Waals surface area (Å²) in [5, 5.41) is 17.5. The number of hydrogen-bond donors (Lipinski definition) is 2. The molecule has 0 unspecified atom stereocenters. The van der Waals surface area contributed by atoms with Crippen LogP contribution in [-0.2, 0) is 0 Å². The zero-order valence-corrected chi connectivity index (χ0v) is 18.4. The molecule has 0 amide bonds. The average Bonchev–Trinajstić information content (AvgIpc) is 2.67. The van der Waals surface area contributed by atoms with E-state index in [-0.39, 0.29) is 32.4 Å². The van der Waals surface area contributed by atoms with Crippen molar-refractivity contribution in [3.63, 3.8) is 0 Å². The van der Waals surface area contributed by atoms with Crippen molar-refractivity contribution < 1.29 is 33.3 Å². The number of rotatable bonds is 4. The molecule has 0 spiro atoms. The monoisotopic (exact) mass is 564 g/mol. The maximum Gasteiger partial charge on any atom is 0.337 e. The van der Waals surface area contributed by atoms with E-state index in [0.717, 1.165) is 18.3 Å². The SMILES string of the molecule is O=C(O)c1cnc(Cl)c(Br)c1.O=C(O)c1cnc(Oc2ccc(F)cc2F)c(Br)c1. The van der Waals surface area contributed by atoms with Crippen molar-refractivity contribution in [2.45, 2.75) is 0 Å². The molecule has 0 aliphatic carbocycles. The number of carboxylic acids is 2. The van der Waals surface area contributed by atoms with Gasteiger partial charge in [0, 0.05) is 18.5 Å². The summed E-state index contributed by atoms with van der Waals surface area (Å²) in [5.41, 5.74) is 0.0695. The standard InChI is InChI=1S/C12H6BrF2NO3.C6H3BrClNO2/c13-8-3-6(12(17)18)5-16-11(8)19-10-2-1-7(14)4-9(10)15;7-4-1-3(6(10)11)2-9-5(4)8/h1-5H,(H,17,18);1-2H,(H,10,11). The summed E-state index contributed by atoms with van der Waals surface area (Å²) in [7, 11) is 0. The van der Waals surface area contributed by atoms with Gasteiger partial charge < -0.3 is 14.9 Å². The van der Waals surface area contributed by atoms with E-state index in [1.165, 1.54) is 18.3 Å². The molecule has 0 aliphatic rings. The van der Waals surface area contributed by atoms with Gasteiger partial charge in [0.15, 0.2) is 11.6 Å². The maximum absolute atomic E-state index is 13.4. The van der Waals surface area contributed by atoms with E-state index in [1.54, 1.807) is 0 Å². The lowest BCUT2D eigenvalue weighted by Crippen LogP contribution is -1.99. The van der Waals surface area contributed by atoms with E-state index in [4.69, 9.17) is 26.6 Å². The predicted octanol–water partition coefficient (Wildman–Crippen LogP) is 5.81. The van der Waals surface area contributed by atoms with Crippen LogP contribution in [0.5, 0.6) is 11.6 Å². The molecule has 2 heterocycles. The molecule has 0 fully saturated rings. The molecular formula is C18H9Br2ClF2N2O5. The molecule has 3 aromatic rings. The Bertz CT molecular complexity index is 1120. The molecule has 12 heteroatoms. The normalized spacial score (nSPS) is 10.0. The highest BCUT2D eigenvalue weighted by atomic mass is 79.9. The molecule has 0 aliphatic heterocycles. The van der Waals surface area contributed by atoms with Gasteiger partial charge in [-0.3, -0.25) is 0 Å². The van der Waals surface area contributed by atoms with Gasteiger partial charge in [0.1, 0.15) is 11.0 Å². The second-order valence-corrected chi connectivity index (χ2v) is 7.36. The first kappa shape index (κ1) is 23.6. The third-order valence-electron chi connectivity index (χ3n) is 3.20. The first-order chi connectivity index (χ1) is 14.1. The second kappa shape index (κ2) is 10.4. The van der Waals surface area contributed by atoms with Gasteiger partial charge in [0.05, 0.1) is 20.1 Å². The van der Waals surface area contributed by atoms with Crippen LogP contribution >= 0.6 is 43.5 Å². The van der Waals surface area contributed by atoms with E-state index < -0.39 is 23.6 Å². The van der Waals surface area contributed by atoms with Gasteiger partial charge in [-0.2, -0.15) is 0 Å². The second-order valence-electron chi connectivity index (χ2n) is 5.29. The largest absolute Gasteiger partial charge is 0.478 e. The lowest BCUT2D eigenvalue weighted by atomic mass is 10.3. The molecule has 0 radical (unpaired) electrons. The zero-order valence-electron chi connectivity index (χ0n) is 14.4. The number of aromatic nitrogens is 2. The fourth-order valence-corrected chi connectivity index (χ4v) is 2.70. The highest BCUT2D eigenvalue weighted by Crippen LogP contribution is 2.29.